The first kappa shape index (κ1) is 33.2. The van der Waals surface area contributed by atoms with Crippen molar-refractivity contribution in [1.29, 1.82) is 0 Å². The molecule has 0 unspecified atom stereocenters. The summed E-state index contributed by atoms with van der Waals surface area (Å²) in [4.78, 5) is 0. The van der Waals surface area contributed by atoms with Crippen LogP contribution in [0.1, 0.15) is 47.1 Å². The highest BCUT2D eigenvalue weighted by Gasteiger charge is 2.59. The van der Waals surface area contributed by atoms with Crippen LogP contribution in [0.2, 0.25) is 31.7 Å². The van der Waals surface area contributed by atoms with Gasteiger partial charge in [-0.05, 0) is 70.5 Å². The maximum Gasteiger partial charge on any atom is 0.489 e. The third kappa shape index (κ3) is 7.03. The average molecular weight is 609 g/mol. The third-order valence-corrected chi connectivity index (χ3v) is 15.5. The predicted molar refractivity (Wildman–Crippen MR) is 188 cm³/mol. The summed E-state index contributed by atoms with van der Waals surface area (Å²) in [5.74, 6) is 7.09. The van der Waals surface area contributed by atoms with E-state index in [0.29, 0.717) is 0 Å². The van der Waals surface area contributed by atoms with E-state index in [0.717, 1.165) is 11.0 Å². The van der Waals surface area contributed by atoms with Gasteiger partial charge in [-0.3, -0.25) is 0 Å². The Morgan fingerprint density at radius 3 is 1.60 bits per heavy atom. The molecule has 0 saturated carbocycles. The van der Waals surface area contributed by atoms with E-state index in [1.54, 1.807) is 0 Å². The normalized spacial score (nSPS) is 18.0. The van der Waals surface area contributed by atoms with E-state index in [2.05, 4.69) is 152 Å². The molecule has 3 aromatic rings. The van der Waals surface area contributed by atoms with Crippen LogP contribution in [0.4, 0.5) is 0 Å². The van der Waals surface area contributed by atoms with Gasteiger partial charge < -0.3 is 13.7 Å². The minimum Gasteiger partial charge on any atom is -0.404 e. The first-order chi connectivity index (χ1) is 20.0. The molecule has 226 valence electrons. The van der Waals surface area contributed by atoms with Crippen LogP contribution in [0.3, 0.4) is 0 Å². The second-order valence-corrected chi connectivity index (χ2v) is 23.2. The van der Waals surface area contributed by atoms with Crippen LogP contribution in [-0.2, 0) is 13.7 Å². The number of hydrogen-bond acceptors (Lipinski definition) is 3. The minimum atomic E-state index is -2.63. The smallest absolute Gasteiger partial charge is 0.404 e. The van der Waals surface area contributed by atoms with Gasteiger partial charge in [-0.25, -0.2) is 0 Å². The molecule has 0 amide bonds. The van der Waals surface area contributed by atoms with Crippen molar-refractivity contribution in [1.82, 2.24) is 0 Å². The van der Waals surface area contributed by atoms with E-state index in [1.807, 2.05) is 18.2 Å². The number of benzene rings is 3. The Morgan fingerprint density at radius 2 is 1.19 bits per heavy atom. The summed E-state index contributed by atoms with van der Waals surface area (Å²) in [5.41, 5.74) is 0.467. The van der Waals surface area contributed by atoms with Crippen molar-refractivity contribution >= 4 is 33.9 Å². The third-order valence-electron chi connectivity index (χ3n) is 9.26. The Morgan fingerprint density at radius 1 is 0.767 bits per heavy atom. The lowest BCUT2D eigenvalue weighted by molar-refractivity contribution is 0.00578. The molecule has 1 aliphatic heterocycles. The molecule has 0 N–H and O–H groups in total. The van der Waals surface area contributed by atoms with E-state index in [4.69, 9.17) is 20.3 Å². The highest BCUT2D eigenvalue weighted by atomic mass is 28.4. The van der Waals surface area contributed by atoms with Crippen LogP contribution in [0, 0.1) is 17.3 Å². The number of allylic oxidation sites excluding steroid dienone is 1. The first-order valence-corrected chi connectivity index (χ1v) is 21.4. The van der Waals surface area contributed by atoms with Gasteiger partial charge in [0.2, 0.25) is 0 Å². The lowest BCUT2D eigenvalue weighted by Crippen LogP contribution is -2.65. The van der Waals surface area contributed by atoms with Crippen molar-refractivity contribution in [2.75, 3.05) is 0 Å². The van der Waals surface area contributed by atoms with E-state index in [1.165, 1.54) is 10.4 Å². The highest BCUT2D eigenvalue weighted by Crippen LogP contribution is 2.51. The zero-order chi connectivity index (χ0) is 31.7. The zero-order valence-corrected chi connectivity index (χ0v) is 29.8. The van der Waals surface area contributed by atoms with Crippen molar-refractivity contribution in [3.05, 3.63) is 109 Å². The first-order valence-electron chi connectivity index (χ1n) is 15.4. The van der Waals surface area contributed by atoms with Gasteiger partial charge in [-0.15, -0.1) is 6.58 Å². The molecular weight excluding hydrogens is 559 g/mol. The van der Waals surface area contributed by atoms with Gasteiger partial charge >= 0.3 is 7.12 Å². The SMILES string of the molecule is C=C(B1OC(C)(C)C(C)(C)O1)[C@H](C(C)(C)[C@H](C#Cc1ccccc1)O[Si](C)(C)C)[Si](C)(c1ccccc1)c1ccccc1. The second-order valence-electron chi connectivity index (χ2n) is 14.6. The summed E-state index contributed by atoms with van der Waals surface area (Å²) in [6.45, 7) is 27.1. The monoisotopic (exact) mass is 608 g/mol. The van der Waals surface area contributed by atoms with Gasteiger partial charge in [-0.1, -0.05) is 121 Å². The van der Waals surface area contributed by atoms with Gasteiger partial charge in [0, 0.05) is 11.0 Å². The Bertz CT molecular complexity index is 1400. The molecule has 1 fully saturated rings. The maximum absolute atomic E-state index is 7.03. The molecule has 1 saturated heterocycles. The van der Waals surface area contributed by atoms with E-state index in [-0.39, 0.29) is 11.6 Å². The molecule has 0 bridgehead atoms. The van der Waals surface area contributed by atoms with E-state index < -0.39 is 40.1 Å². The zero-order valence-electron chi connectivity index (χ0n) is 27.8. The van der Waals surface area contributed by atoms with Crippen LogP contribution >= 0.6 is 0 Å². The number of hydrogen-bond donors (Lipinski definition) is 0. The fraction of sp³-hybridized carbons (Fsp3) is 0.405. The summed E-state index contributed by atoms with van der Waals surface area (Å²) in [6, 6.07) is 32.1. The molecule has 3 nitrogen and oxygen atoms in total. The molecule has 0 aromatic heterocycles. The molecule has 1 aliphatic rings. The maximum atomic E-state index is 7.03. The van der Waals surface area contributed by atoms with Crippen LogP contribution in [0.25, 0.3) is 0 Å². The van der Waals surface area contributed by atoms with E-state index >= 15 is 0 Å². The topological polar surface area (TPSA) is 27.7 Å². The van der Waals surface area contributed by atoms with Crippen molar-refractivity contribution in [2.24, 2.45) is 5.41 Å². The molecule has 6 heteroatoms. The summed E-state index contributed by atoms with van der Waals surface area (Å²) in [6.07, 6.45) is -0.345. The molecule has 0 aliphatic carbocycles. The number of rotatable bonds is 9. The van der Waals surface area contributed by atoms with Gasteiger partial charge in [0.15, 0.2) is 8.32 Å². The predicted octanol–water partition coefficient (Wildman–Crippen LogP) is 7.74. The Hall–Kier alpha value is -2.66. The fourth-order valence-electron chi connectivity index (χ4n) is 6.33. The largest absolute Gasteiger partial charge is 0.489 e. The minimum absolute atomic E-state index is 0.0501. The molecule has 0 radical (unpaired) electrons. The van der Waals surface area contributed by atoms with Crippen LogP contribution in [-0.4, -0.2) is 40.8 Å². The van der Waals surface area contributed by atoms with Gasteiger partial charge in [0.25, 0.3) is 0 Å². The average Bonchev–Trinajstić information content (AvgIpc) is 3.18. The van der Waals surface area contributed by atoms with Crippen molar-refractivity contribution in [3.8, 4) is 11.8 Å². The fourth-order valence-corrected chi connectivity index (χ4v) is 12.7. The van der Waals surface area contributed by atoms with Crippen molar-refractivity contribution in [2.45, 2.75) is 90.6 Å². The standard InChI is InChI=1S/C37H49BO3Si2/c1-29(38-40-36(4,5)37(6,7)41-38)34(43(11,31-23-17-13-18-24-31)32-25-19-14-20-26-32)35(2,3)33(39-42(8,9)10)28-27-30-21-15-12-16-22-30/h12-26,33-34H,1H2,2-11H3/t33-,34+/m0/s1. The lowest BCUT2D eigenvalue weighted by Gasteiger charge is -2.50. The van der Waals surface area contributed by atoms with Gasteiger partial charge in [0.1, 0.15) is 14.2 Å². The molecule has 43 heavy (non-hydrogen) atoms. The summed E-state index contributed by atoms with van der Waals surface area (Å²) >= 11 is 0. The Balaban J connectivity index is 1.97. The quantitative estimate of drug-likeness (QED) is 0.184. The second kappa shape index (κ2) is 12.4. The summed E-state index contributed by atoms with van der Waals surface area (Å²) in [7, 11) is -5.20. The molecule has 1 heterocycles. The van der Waals surface area contributed by atoms with Crippen molar-refractivity contribution in [3.63, 3.8) is 0 Å². The Kier molecular flexibility index (Phi) is 9.57. The molecule has 0 spiro atoms. The van der Waals surface area contributed by atoms with E-state index in [9.17, 15) is 0 Å². The lowest BCUT2D eigenvalue weighted by atomic mass is 9.68. The summed E-state index contributed by atoms with van der Waals surface area (Å²) in [5, 5.41) is 2.67. The van der Waals surface area contributed by atoms with Crippen LogP contribution in [0.15, 0.2) is 103 Å². The van der Waals surface area contributed by atoms with Gasteiger partial charge in [0.05, 0.1) is 11.2 Å². The molecule has 4 rings (SSSR count). The molecular formula is C37H49BO3Si2. The highest BCUT2D eigenvalue weighted by molar-refractivity contribution is 7.03. The van der Waals surface area contributed by atoms with Gasteiger partial charge in [-0.2, -0.15) is 0 Å². The Labute approximate surface area is 263 Å². The van der Waals surface area contributed by atoms with Crippen LogP contribution in [0.5, 0.6) is 0 Å². The van der Waals surface area contributed by atoms with Crippen LogP contribution < -0.4 is 10.4 Å². The summed E-state index contributed by atoms with van der Waals surface area (Å²) < 4.78 is 20.5. The van der Waals surface area contributed by atoms with Crippen molar-refractivity contribution < 1.29 is 13.7 Å². The molecule has 3 aromatic carbocycles. The molecule has 2 atom stereocenters.